The van der Waals surface area contributed by atoms with Crippen molar-refractivity contribution in [2.24, 2.45) is 12.0 Å². The predicted molar refractivity (Wildman–Crippen MR) is 258 cm³/mol. The summed E-state index contributed by atoms with van der Waals surface area (Å²) in [6.45, 7) is 3.71. The van der Waals surface area contributed by atoms with Crippen LogP contribution in [-0.4, -0.2) is 73.1 Å². The number of pyridine rings is 2. The zero-order chi connectivity index (χ0) is 43.2. The van der Waals surface area contributed by atoms with Crippen molar-refractivity contribution < 1.29 is 23.7 Å². The van der Waals surface area contributed by atoms with E-state index in [1.54, 1.807) is 18.3 Å². The van der Waals surface area contributed by atoms with Crippen molar-refractivity contribution in [1.29, 1.82) is 0 Å². The first-order valence-corrected chi connectivity index (χ1v) is 26.8. The van der Waals surface area contributed by atoms with Gasteiger partial charge in [-0.15, -0.1) is 11.3 Å². The first-order chi connectivity index (χ1) is 30.1. The highest BCUT2D eigenvalue weighted by molar-refractivity contribution is 8.33. The molecule has 0 spiro atoms. The van der Waals surface area contributed by atoms with Gasteiger partial charge in [-0.3, -0.25) is 0 Å². The lowest BCUT2D eigenvalue weighted by molar-refractivity contribution is -0.139. The second kappa shape index (κ2) is 18.0. The normalized spacial score (nSPS) is 18.7. The van der Waals surface area contributed by atoms with Gasteiger partial charge >= 0.3 is 5.97 Å². The molecule has 1 aromatic carbocycles. The molecule has 7 aromatic rings. The molecule has 0 amide bonds. The SMILES string of the molecule is CCCC[S+]([O-])c1sc2nc(C3=NC=C[SH]3C3CC3c3ncc(-c4cc(-c5nccs5)nc5sc([S+]([O-])CCCC)c(N)c45)n3C)cc(-c3ccc(OCC(=O)O)cc3)c2c1N. The first-order valence-electron chi connectivity index (χ1n) is 20.2. The number of carbonyl (C=O) groups is 1. The van der Waals surface area contributed by atoms with Gasteiger partial charge in [0.15, 0.2) is 6.61 Å². The summed E-state index contributed by atoms with van der Waals surface area (Å²) in [6.07, 6.45) is 10.0. The highest BCUT2D eigenvalue weighted by Gasteiger charge is 2.47. The molecule has 5 N–H and O–H groups in total. The van der Waals surface area contributed by atoms with Gasteiger partial charge in [-0.1, -0.05) is 61.5 Å². The lowest BCUT2D eigenvalue weighted by atomic mass is 10.0. The topological polar surface area (TPSA) is 214 Å². The van der Waals surface area contributed by atoms with Crippen LogP contribution in [0.25, 0.3) is 53.5 Å². The maximum Gasteiger partial charge on any atom is 0.341 e. The highest BCUT2D eigenvalue weighted by Crippen LogP contribution is 2.60. The molecule has 1 fully saturated rings. The lowest BCUT2D eigenvalue weighted by Gasteiger charge is -2.17. The van der Waals surface area contributed by atoms with Crippen molar-refractivity contribution in [1.82, 2.24) is 24.5 Å². The van der Waals surface area contributed by atoms with Gasteiger partial charge in [0, 0.05) is 52.3 Å². The number of thiazole rings is 1. The Hall–Kier alpha value is -4.47. The number of nitrogens with two attached hydrogens (primary N) is 2. The van der Waals surface area contributed by atoms with E-state index in [-0.39, 0.29) is 11.2 Å². The van der Waals surface area contributed by atoms with Gasteiger partial charge in [0.05, 0.1) is 17.6 Å². The number of anilines is 2. The molecule has 1 saturated carbocycles. The second-order valence-electron chi connectivity index (χ2n) is 15.1. The molecule has 62 heavy (non-hydrogen) atoms. The number of carboxylic acid groups (broad SMARTS) is 1. The van der Waals surface area contributed by atoms with E-state index in [1.165, 1.54) is 34.0 Å². The molecule has 0 radical (unpaired) electrons. The zero-order valence-electron chi connectivity index (χ0n) is 34.1. The van der Waals surface area contributed by atoms with E-state index >= 15 is 0 Å². The standard InChI is InChI=1S/C43H44N8O5S6/c1-4-6-15-61(54)42-35(44)33-25(23-8-10-24(11-9-23)56-22-32(52)53)18-29(50-39(33)58-42)41-47-13-17-60(41)31-20-27(31)37-48-21-30(51(37)3)26-19-28(38-46-12-14-57-38)49-40-34(26)36(45)43(59-40)62(55)16-7-5-2/h8-14,17-19,21,27,31,60H,4-7,15-16,20,22,44-45H2,1-3H3,(H,52,53). The summed E-state index contributed by atoms with van der Waals surface area (Å²) in [6, 6.07) is 11.3. The van der Waals surface area contributed by atoms with Crippen molar-refractivity contribution in [3.8, 4) is 38.8 Å². The number of nitrogens with zero attached hydrogens (tertiary/aromatic N) is 6. The third-order valence-corrected chi connectivity index (χ3v) is 20.3. The number of carboxylic acids is 1. The Kier molecular flexibility index (Phi) is 12.4. The summed E-state index contributed by atoms with van der Waals surface area (Å²) in [4.78, 5) is 37.2. The van der Waals surface area contributed by atoms with E-state index in [0.29, 0.717) is 41.9 Å². The molecule has 1 aliphatic carbocycles. The smallest absolute Gasteiger partial charge is 0.341 e. The Morgan fingerprint density at radius 2 is 1.60 bits per heavy atom. The van der Waals surface area contributed by atoms with Gasteiger partial charge in [0.2, 0.25) is 8.42 Å². The van der Waals surface area contributed by atoms with Crippen molar-refractivity contribution in [2.75, 3.05) is 29.6 Å². The Balaban J connectivity index is 1.05. The Morgan fingerprint density at radius 3 is 2.23 bits per heavy atom. The van der Waals surface area contributed by atoms with Crippen LogP contribution in [0.15, 0.2) is 79.2 Å². The van der Waals surface area contributed by atoms with Crippen LogP contribution >= 0.6 is 44.9 Å². The summed E-state index contributed by atoms with van der Waals surface area (Å²) < 4.78 is 35.8. The Bertz CT molecular complexity index is 2850. The number of aromatic nitrogens is 5. The third kappa shape index (κ3) is 8.13. The number of thiophene rings is 2. The molecule has 322 valence electrons. The minimum Gasteiger partial charge on any atom is -0.611 e. The van der Waals surface area contributed by atoms with E-state index in [0.717, 1.165) is 97.4 Å². The van der Waals surface area contributed by atoms with Crippen LogP contribution in [0.4, 0.5) is 11.4 Å². The molecule has 9 rings (SSSR count). The van der Waals surface area contributed by atoms with Crippen LogP contribution in [0.3, 0.4) is 0 Å². The monoisotopic (exact) mass is 944 g/mol. The van der Waals surface area contributed by atoms with E-state index < -0.39 is 45.8 Å². The molecule has 0 saturated heterocycles. The largest absolute Gasteiger partial charge is 0.611 e. The predicted octanol–water partition coefficient (Wildman–Crippen LogP) is 9.33. The fraction of sp³-hybridized carbons (Fsp3) is 0.302. The van der Waals surface area contributed by atoms with Gasteiger partial charge < -0.3 is 35.0 Å². The van der Waals surface area contributed by atoms with Crippen LogP contribution in [0.5, 0.6) is 5.75 Å². The number of aliphatic carboxylic acids is 1. The number of ether oxygens (including phenoxy) is 1. The van der Waals surface area contributed by atoms with Crippen molar-refractivity contribution in [3.63, 3.8) is 0 Å². The summed E-state index contributed by atoms with van der Waals surface area (Å²) in [5.74, 6) is 1.59. The van der Waals surface area contributed by atoms with Crippen LogP contribution in [0.1, 0.15) is 63.4 Å². The first kappa shape index (κ1) is 42.8. The fourth-order valence-electron chi connectivity index (χ4n) is 7.72. The zero-order valence-corrected chi connectivity index (χ0v) is 39.0. The van der Waals surface area contributed by atoms with Gasteiger partial charge in [-0.2, -0.15) is 10.9 Å². The van der Waals surface area contributed by atoms with E-state index in [9.17, 15) is 13.9 Å². The van der Waals surface area contributed by atoms with Crippen molar-refractivity contribution >= 4 is 110 Å². The molecule has 0 bridgehead atoms. The maximum absolute atomic E-state index is 13.5. The number of imidazole rings is 1. The second-order valence-corrected chi connectivity index (χ2v) is 23.7. The molecule has 2 aliphatic rings. The molecule has 13 nitrogen and oxygen atoms in total. The third-order valence-electron chi connectivity index (χ3n) is 10.9. The number of aliphatic imine (C=N–C) groups is 1. The molecule has 19 heteroatoms. The molecular weight excluding hydrogens is 901 g/mol. The van der Waals surface area contributed by atoms with E-state index in [4.69, 9.17) is 41.3 Å². The van der Waals surface area contributed by atoms with Crippen LogP contribution in [0.2, 0.25) is 0 Å². The summed E-state index contributed by atoms with van der Waals surface area (Å²) in [5, 5.41) is 16.8. The highest BCUT2D eigenvalue weighted by atomic mass is 32.2. The number of rotatable bonds is 17. The quantitative estimate of drug-likeness (QED) is 0.0499. The lowest BCUT2D eigenvalue weighted by Crippen LogP contribution is -2.09. The minimum atomic E-state index is -1.27. The Labute approximate surface area is 379 Å². The van der Waals surface area contributed by atoms with Gasteiger partial charge in [-0.05, 0) is 82.4 Å². The molecule has 7 heterocycles. The maximum atomic E-state index is 13.5. The average molecular weight is 945 g/mol. The molecule has 6 aromatic heterocycles. The van der Waals surface area contributed by atoms with Crippen molar-refractivity contribution in [2.45, 2.75) is 65.5 Å². The molecule has 1 aliphatic heterocycles. The van der Waals surface area contributed by atoms with Gasteiger partial charge in [0.25, 0.3) is 0 Å². The number of hydrogen-bond acceptors (Lipinski definition) is 14. The Morgan fingerprint density at radius 1 is 0.952 bits per heavy atom. The number of unbranched alkanes of at least 4 members (excludes halogenated alkanes) is 2. The summed E-state index contributed by atoms with van der Waals surface area (Å²) in [7, 11) is 1.16. The number of hydrogen-bond donors (Lipinski definition) is 4. The molecule has 5 unspecified atom stereocenters. The van der Waals surface area contributed by atoms with Crippen LogP contribution in [-0.2, 0) is 34.2 Å². The van der Waals surface area contributed by atoms with Gasteiger partial charge in [-0.25, -0.2) is 29.7 Å². The molecular formula is C43H44N8O5S6. The fourth-order valence-corrected chi connectivity index (χ4v) is 16.3. The number of benzene rings is 1. The van der Waals surface area contributed by atoms with E-state index in [1.807, 2.05) is 49.1 Å². The number of fused-ring (bicyclic) bond motifs is 2. The summed E-state index contributed by atoms with van der Waals surface area (Å²) >= 11 is 1.78. The number of thiol groups is 1. The van der Waals surface area contributed by atoms with Crippen LogP contribution < -0.4 is 16.2 Å². The van der Waals surface area contributed by atoms with Crippen molar-refractivity contribution in [3.05, 3.63) is 77.3 Å². The molecule has 5 atom stereocenters. The number of nitrogen functional groups attached to an aromatic ring is 2. The van der Waals surface area contributed by atoms with Gasteiger partial charge in [0.1, 0.15) is 59.9 Å². The average Bonchev–Trinajstić information content (AvgIpc) is 3.86. The van der Waals surface area contributed by atoms with E-state index in [2.05, 4.69) is 28.8 Å². The minimum absolute atomic E-state index is 0.173. The summed E-state index contributed by atoms with van der Waals surface area (Å²) in [5.41, 5.74) is 19.6. The van der Waals surface area contributed by atoms with Crippen LogP contribution in [0, 0.1) is 0 Å².